The highest BCUT2D eigenvalue weighted by Gasteiger charge is 2.50. The molecule has 0 radical (unpaired) electrons. The molecule has 0 spiro atoms. The van der Waals surface area contributed by atoms with Gasteiger partial charge in [0, 0.05) is 30.4 Å². The Bertz CT molecular complexity index is 2320. The summed E-state index contributed by atoms with van der Waals surface area (Å²) in [7, 11) is 1.47. The number of pyridine rings is 1. The molecule has 1 unspecified atom stereocenters. The van der Waals surface area contributed by atoms with Crippen molar-refractivity contribution in [1.29, 1.82) is 0 Å². The van der Waals surface area contributed by atoms with E-state index < -0.39 is 42.5 Å². The second kappa shape index (κ2) is 17.9. The molecule has 0 aliphatic carbocycles. The smallest absolute Gasteiger partial charge is 0.268 e. The lowest BCUT2D eigenvalue weighted by atomic mass is 9.96. The molecule has 2 amide bonds. The minimum atomic E-state index is -0.841. The number of amides is 2. The molecule has 11 heteroatoms. The van der Waals surface area contributed by atoms with Crippen molar-refractivity contribution >= 4 is 44.4 Å². The molecule has 290 valence electrons. The van der Waals surface area contributed by atoms with Gasteiger partial charge in [0.25, 0.3) is 11.8 Å². The molecule has 6 aromatic rings. The first kappa shape index (κ1) is 38.6. The minimum Gasteiger partial charge on any atom is -0.374 e. The fourth-order valence-electron chi connectivity index (χ4n) is 7.31. The van der Waals surface area contributed by atoms with E-state index in [1.165, 1.54) is 7.05 Å². The number of fused-ring (bicyclic) bond motifs is 1. The van der Waals surface area contributed by atoms with Crippen molar-refractivity contribution in [2.45, 2.75) is 57.1 Å². The van der Waals surface area contributed by atoms with Crippen molar-refractivity contribution < 1.29 is 33.3 Å². The van der Waals surface area contributed by atoms with Crippen molar-refractivity contribution in [1.82, 2.24) is 14.5 Å². The molecule has 0 bridgehead atoms. The highest BCUT2D eigenvalue weighted by atomic mass is 79.9. The SMILES string of the molecule is CN1C(=O)C(Br)=C(c2cn(C3O[C@H](COCc4ccccc4)[C@@H](OCc4ccccc4)[C@H](OCc4ccccc4)[C@H]3OCc3ccccc3)c3ncccc23)C1=O. The zero-order chi connectivity index (χ0) is 39.1. The molecule has 8 rings (SSSR count). The van der Waals surface area contributed by atoms with Gasteiger partial charge >= 0.3 is 0 Å². The predicted octanol–water partition coefficient (Wildman–Crippen LogP) is 8.01. The van der Waals surface area contributed by atoms with Crippen LogP contribution in [0.25, 0.3) is 16.6 Å². The molecular weight excluding hydrogens is 786 g/mol. The standard InChI is InChI=1S/C46H42BrN3O7/c1-49-44(51)38(39(47)45(49)52)36-25-50(43-35(36)23-14-24-48-43)46-42(56-29-34-21-12-5-13-22-34)41(55-28-33-19-10-4-11-20-33)40(54-27-32-17-8-3-9-18-32)37(57-46)30-53-26-31-15-6-2-7-16-31/h2-25,37,40-42,46H,26-30H2,1H3/t37-,40-,41+,42-,46?/m1/s1. The highest BCUT2D eigenvalue weighted by Crippen LogP contribution is 2.41. The number of ether oxygens (including phenoxy) is 5. The summed E-state index contributed by atoms with van der Waals surface area (Å²) in [5, 5.41) is 0.674. The van der Waals surface area contributed by atoms with E-state index in [1.807, 2.05) is 138 Å². The third kappa shape index (κ3) is 8.55. The summed E-state index contributed by atoms with van der Waals surface area (Å²) in [5.41, 5.74) is 5.31. The van der Waals surface area contributed by atoms with Crippen molar-refractivity contribution in [3.63, 3.8) is 0 Å². The second-order valence-corrected chi connectivity index (χ2v) is 14.8. The van der Waals surface area contributed by atoms with Gasteiger partial charge in [-0.25, -0.2) is 4.98 Å². The van der Waals surface area contributed by atoms with Crippen LogP contribution < -0.4 is 0 Å². The predicted molar refractivity (Wildman–Crippen MR) is 218 cm³/mol. The van der Waals surface area contributed by atoms with E-state index >= 15 is 0 Å². The number of carbonyl (C=O) groups excluding carboxylic acids is 2. The summed E-state index contributed by atoms with van der Waals surface area (Å²) >= 11 is 3.42. The summed E-state index contributed by atoms with van der Waals surface area (Å²) < 4.78 is 36.4. The molecule has 5 atom stereocenters. The van der Waals surface area contributed by atoms with Crippen LogP contribution in [0.4, 0.5) is 0 Å². The molecule has 57 heavy (non-hydrogen) atoms. The Labute approximate surface area is 339 Å². The summed E-state index contributed by atoms with van der Waals surface area (Å²) in [6.45, 7) is 1.38. The van der Waals surface area contributed by atoms with Crippen LogP contribution in [0.5, 0.6) is 0 Å². The van der Waals surface area contributed by atoms with Gasteiger partial charge in [-0.3, -0.25) is 14.5 Å². The van der Waals surface area contributed by atoms with Gasteiger partial charge in [-0.05, 0) is 50.3 Å². The molecule has 10 nitrogen and oxygen atoms in total. The van der Waals surface area contributed by atoms with Crippen LogP contribution >= 0.6 is 15.9 Å². The largest absolute Gasteiger partial charge is 0.374 e. The molecule has 1 saturated heterocycles. The highest BCUT2D eigenvalue weighted by molar-refractivity contribution is 9.12. The Balaban J connectivity index is 1.24. The molecule has 4 heterocycles. The average Bonchev–Trinajstić information content (AvgIpc) is 3.72. The van der Waals surface area contributed by atoms with Gasteiger partial charge < -0.3 is 28.3 Å². The van der Waals surface area contributed by atoms with E-state index in [4.69, 9.17) is 28.7 Å². The van der Waals surface area contributed by atoms with Crippen molar-refractivity contribution in [2.24, 2.45) is 0 Å². The normalized spacial score (nSPS) is 21.2. The summed E-state index contributed by atoms with van der Waals surface area (Å²) in [6.07, 6.45) is -0.0512. The lowest BCUT2D eigenvalue weighted by Gasteiger charge is -2.46. The van der Waals surface area contributed by atoms with Gasteiger partial charge in [-0.15, -0.1) is 0 Å². The third-order valence-electron chi connectivity index (χ3n) is 10.2. The van der Waals surface area contributed by atoms with E-state index in [0.717, 1.165) is 27.2 Å². The number of halogens is 1. The Morgan fingerprint density at radius 1 is 0.632 bits per heavy atom. The van der Waals surface area contributed by atoms with Gasteiger partial charge in [-0.1, -0.05) is 121 Å². The number of imide groups is 1. The number of hydrogen-bond donors (Lipinski definition) is 0. The Kier molecular flexibility index (Phi) is 12.1. The maximum absolute atomic E-state index is 13.5. The first-order chi connectivity index (χ1) is 28.0. The Morgan fingerprint density at radius 2 is 1.14 bits per heavy atom. The first-order valence-electron chi connectivity index (χ1n) is 18.9. The molecule has 0 saturated carbocycles. The van der Waals surface area contributed by atoms with Gasteiger partial charge in [0.2, 0.25) is 0 Å². The molecule has 1 fully saturated rings. The van der Waals surface area contributed by atoms with Crippen LogP contribution in [0.1, 0.15) is 34.0 Å². The molecule has 2 aliphatic rings. The molecule has 4 aromatic carbocycles. The molecular formula is C46H42BrN3O7. The Morgan fingerprint density at radius 3 is 1.67 bits per heavy atom. The fraction of sp³-hybridized carbons (Fsp3) is 0.239. The number of carbonyl (C=O) groups is 2. The van der Waals surface area contributed by atoms with Crippen LogP contribution in [0, 0.1) is 0 Å². The van der Waals surface area contributed by atoms with Crippen LogP contribution in [-0.4, -0.2) is 64.3 Å². The number of benzene rings is 4. The second-order valence-electron chi connectivity index (χ2n) is 14.0. The van der Waals surface area contributed by atoms with Gasteiger partial charge in [-0.2, -0.15) is 0 Å². The summed E-state index contributed by atoms with van der Waals surface area (Å²) in [4.78, 5) is 32.4. The van der Waals surface area contributed by atoms with Crippen LogP contribution in [0.3, 0.4) is 0 Å². The van der Waals surface area contributed by atoms with Gasteiger partial charge in [0.15, 0.2) is 6.23 Å². The fourth-order valence-corrected chi connectivity index (χ4v) is 7.96. The number of aromatic nitrogens is 2. The maximum atomic E-state index is 13.5. The Hall–Kier alpha value is -5.27. The molecule has 0 N–H and O–H groups in total. The topological polar surface area (TPSA) is 101 Å². The number of hydrogen-bond acceptors (Lipinski definition) is 8. The van der Waals surface area contributed by atoms with Crippen molar-refractivity contribution in [2.75, 3.05) is 13.7 Å². The monoisotopic (exact) mass is 827 g/mol. The van der Waals surface area contributed by atoms with Crippen molar-refractivity contribution in [3.05, 3.63) is 178 Å². The van der Waals surface area contributed by atoms with E-state index in [9.17, 15) is 9.59 Å². The zero-order valence-electron chi connectivity index (χ0n) is 31.4. The minimum absolute atomic E-state index is 0.176. The lowest BCUT2D eigenvalue weighted by molar-refractivity contribution is -0.289. The van der Waals surface area contributed by atoms with Gasteiger partial charge in [0.1, 0.15) is 30.1 Å². The molecule has 2 aromatic heterocycles. The van der Waals surface area contributed by atoms with E-state index in [1.54, 1.807) is 12.3 Å². The van der Waals surface area contributed by atoms with Gasteiger partial charge in [0.05, 0.1) is 43.1 Å². The number of rotatable bonds is 15. The summed E-state index contributed by atoms with van der Waals surface area (Å²) in [5.74, 6) is -0.831. The number of nitrogens with zero attached hydrogens (tertiary/aromatic N) is 3. The quantitative estimate of drug-likeness (QED) is 0.0961. The van der Waals surface area contributed by atoms with E-state index in [-0.39, 0.29) is 29.9 Å². The van der Waals surface area contributed by atoms with Crippen molar-refractivity contribution in [3.8, 4) is 0 Å². The average molecular weight is 829 g/mol. The van der Waals surface area contributed by atoms with E-state index in [2.05, 4.69) is 15.9 Å². The van der Waals surface area contributed by atoms with E-state index in [0.29, 0.717) is 29.8 Å². The third-order valence-corrected chi connectivity index (χ3v) is 11.0. The first-order valence-corrected chi connectivity index (χ1v) is 19.7. The van der Waals surface area contributed by atoms with Crippen LogP contribution in [-0.2, 0) is 59.7 Å². The lowest BCUT2D eigenvalue weighted by Crippen LogP contribution is -2.59. The maximum Gasteiger partial charge on any atom is 0.268 e. The summed E-state index contributed by atoms with van der Waals surface area (Å²) in [6, 6.07) is 43.6. The zero-order valence-corrected chi connectivity index (χ0v) is 32.9. The number of likely N-dealkylation sites (N-methyl/N-ethyl adjacent to an activating group) is 1. The van der Waals surface area contributed by atoms with Crippen LogP contribution in [0.15, 0.2) is 150 Å². The molecule has 2 aliphatic heterocycles. The van der Waals surface area contributed by atoms with Crippen LogP contribution in [0.2, 0.25) is 0 Å².